The zero-order chi connectivity index (χ0) is 13.8. The molecule has 100 valence electrons. The van der Waals surface area contributed by atoms with Crippen LogP contribution in [-0.4, -0.2) is 34.5 Å². The molecule has 2 rings (SSSR count). The predicted octanol–water partition coefficient (Wildman–Crippen LogP) is 2.10. The Balaban J connectivity index is 2.11. The molecule has 1 aromatic rings. The lowest BCUT2D eigenvalue weighted by molar-refractivity contribution is -0.124. The Morgan fingerprint density at radius 3 is 3.00 bits per heavy atom. The number of hydrogen-bond acceptors (Lipinski definition) is 4. The van der Waals surface area contributed by atoms with Gasteiger partial charge in [0.2, 0.25) is 0 Å². The first-order valence-electron chi connectivity index (χ1n) is 6.17. The van der Waals surface area contributed by atoms with Gasteiger partial charge in [0.1, 0.15) is 6.61 Å². The summed E-state index contributed by atoms with van der Waals surface area (Å²) in [5.41, 5.74) is 0.810. The van der Waals surface area contributed by atoms with Gasteiger partial charge in [-0.25, -0.2) is 9.69 Å². The van der Waals surface area contributed by atoms with E-state index in [0.717, 1.165) is 5.56 Å². The number of pyridine rings is 1. The molecule has 0 bridgehead atoms. The lowest BCUT2D eigenvalue weighted by Gasteiger charge is -2.20. The highest BCUT2D eigenvalue weighted by atomic mass is 16.6. The number of imide groups is 1. The maximum Gasteiger partial charge on any atom is 0.417 e. The molecule has 0 saturated carbocycles. The van der Waals surface area contributed by atoms with E-state index >= 15 is 0 Å². The van der Waals surface area contributed by atoms with Crippen LogP contribution in [0.2, 0.25) is 0 Å². The van der Waals surface area contributed by atoms with Gasteiger partial charge in [0.25, 0.3) is 5.91 Å². The van der Waals surface area contributed by atoms with Crippen LogP contribution in [0.3, 0.4) is 0 Å². The second-order valence-corrected chi connectivity index (χ2v) is 4.72. The van der Waals surface area contributed by atoms with Crippen molar-refractivity contribution in [3.63, 3.8) is 0 Å². The van der Waals surface area contributed by atoms with Gasteiger partial charge in [-0.1, -0.05) is 19.9 Å². The van der Waals surface area contributed by atoms with E-state index in [9.17, 15) is 9.59 Å². The Labute approximate surface area is 111 Å². The van der Waals surface area contributed by atoms with Crippen molar-refractivity contribution in [3.05, 3.63) is 36.2 Å². The molecule has 1 fully saturated rings. The third-order valence-electron chi connectivity index (χ3n) is 3.02. The summed E-state index contributed by atoms with van der Waals surface area (Å²) in [5, 5.41) is 0. The number of hydrogen-bond donors (Lipinski definition) is 0. The van der Waals surface area contributed by atoms with Crippen LogP contribution >= 0.6 is 0 Å². The van der Waals surface area contributed by atoms with Crippen molar-refractivity contribution in [2.45, 2.75) is 19.9 Å². The molecule has 1 saturated heterocycles. The number of ether oxygens (including phenoxy) is 1. The van der Waals surface area contributed by atoms with Crippen molar-refractivity contribution in [1.82, 2.24) is 9.88 Å². The number of carbonyl (C=O) groups is 2. The molecule has 0 radical (unpaired) electrons. The molecule has 0 aliphatic carbocycles. The SMILES string of the molecule is CC(C)[C@H]1COC(=O)N1C(=O)/C=C/c1cccnc1. The quantitative estimate of drug-likeness (QED) is 0.781. The van der Waals surface area contributed by atoms with E-state index in [2.05, 4.69) is 4.98 Å². The first-order chi connectivity index (χ1) is 9.09. The van der Waals surface area contributed by atoms with Crippen LogP contribution in [0.15, 0.2) is 30.6 Å². The van der Waals surface area contributed by atoms with Crippen LogP contribution in [0.1, 0.15) is 19.4 Å². The number of cyclic esters (lactones) is 1. The molecule has 1 aliphatic heterocycles. The minimum atomic E-state index is -0.570. The Hall–Kier alpha value is -2.17. The molecule has 0 unspecified atom stereocenters. The monoisotopic (exact) mass is 260 g/mol. The van der Waals surface area contributed by atoms with Crippen LogP contribution in [0.5, 0.6) is 0 Å². The summed E-state index contributed by atoms with van der Waals surface area (Å²) in [6.45, 7) is 4.18. The van der Waals surface area contributed by atoms with E-state index in [1.807, 2.05) is 19.9 Å². The highest BCUT2D eigenvalue weighted by molar-refractivity contribution is 6.01. The van der Waals surface area contributed by atoms with Crippen LogP contribution < -0.4 is 0 Å². The molecule has 1 atom stereocenters. The summed E-state index contributed by atoms with van der Waals surface area (Å²) in [6, 6.07) is 3.42. The number of amides is 2. The molecule has 1 aromatic heterocycles. The van der Waals surface area contributed by atoms with E-state index < -0.39 is 6.09 Å². The largest absolute Gasteiger partial charge is 0.447 e. The second kappa shape index (κ2) is 5.65. The zero-order valence-corrected chi connectivity index (χ0v) is 10.9. The number of nitrogens with zero attached hydrogens (tertiary/aromatic N) is 2. The van der Waals surface area contributed by atoms with E-state index in [1.54, 1.807) is 24.5 Å². The summed E-state index contributed by atoms with van der Waals surface area (Å²) >= 11 is 0. The lowest BCUT2D eigenvalue weighted by atomic mass is 10.0. The highest BCUT2D eigenvalue weighted by Gasteiger charge is 2.38. The topological polar surface area (TPSA) is 59.5 Å². The van der Waals surface area contributed by atoms with Gasteiger partial charge < -0.3 is 4.74 Å². The Kier molecular flexibility index (Phi) is 3.94. The molecule has 0 N–H and O–H groups in total. The molecule has 0 spiro atoms. The maximum absolute atomic E-state index is 12.1. The number of rotatable bonds is 3. The van der Waals surface area contributed by atoms with Crippen LogP contribution in [0.4, 0.5) is 4.79 Å². The van der Waals surface area contributed by atoms with E-state index in [1.165, 1.54) is 11.0 Å². The Morgan fingerprint density at radius 2 is 2.37 bits per heavy atom. The van der Waals surface area contributed by atoms with Gasteiger partial charge in [-0.05, 0) is 23.6 Å². The van der Waals surface area contributed by atoms with Crippen molar-refractivity contribution in [1.29, 1.82) is 0 Å². The Morgan fingerprint density at radius 1 is 1.58 bits per heavy atom. The second-order valence-electron chi connectivity index (χ2n) is 4.72. The molecule has 19 heavy (non-hydrogen) atoms. The van der Waals surface area contributed by atoms with Gasteiger partial charge in [-0.2, -0.15) is 0 Å². The molecule has 2 amide bonds. The fourth-order valence-electron chi connectivity index (χ4n) is 1.90. The number of aromatic nitrogens is 1. The first-order valence-corrected chi connectivity index (χ1v) is 6.17. The minimum absolute atomic E-state index is 0.169. The van der Waals surface area contributed by atoms with Crippen molar-refractivity contribution in [2.75, 3.05) is 6.61 Å². The van der Waals surface area contributed by atoms with Crippen molar-refractivity contribution in [3.8, 4) is 0 Å². The van der Waals surface area contributed by atoms with Gasteiger partial charge in [-0.3, -0.25) is 9.78 Å². The smallest absolute Gasteiger partial charge is 0.417 e. The maximum atomic E-state index is 12.1. The molecular formula is C14H16N2O3. The molecule has 5 nitrogen and oxygen atoms in total. The molecule has 0 aromatic carbocycles. The van der Waals surface area contributed by atoms with Gasteiger partial charge in [0.05, 0.1) is 6.04 Å². The molecular weight excluding hydrogens is 244 g/mol. The molecule has 1 aliphatic rings. The van der Waals surface area contributed by atoms with Crippen molar-refractivity contribution >= 4 is 18.1 Å². The van der Waals surface area contributed by atoms with E-state index in [0.29, 0.717) is 0 Å². The fourth-order valence-corrected chi connectivity index (χ4v) is 1.90. The highest BCUT2D eigenvalue weighted by Crippen LogP contribution is 2.20. The van der Waals surface area contributed by atoms with Crippen molar-refractivity contribution < 1.29 is 14.3 Å². The molecule has 5 heteroatoms. The van der Waals surface area contributed by atoms with Crippen molar-refractivity contribution in [2.24, 2.45) is 5.92 Å². The summed E-state index contributed by atoms with van der Waals surface area (Å²) < 4.78 is 4.93. The van der Waals surface area contributed by atoms with Crippen LogP contribution in [0.25, 0.3) is 6.08 Å². The average molecular weight is 260 g/mol. The normalized spacial score (nSPS) is 19.2. The zero-order valence-electron chi connectivity index (χ0n) is 10.9. The lowest BCUT2D eigenvalue weighted by Crippen LogP contribution is -2.40. The van der Waals surface area contributed by atoms with E-state index in [4.69, 9.17) is 4.74 Å². The van der Waals surface area contributed by atoms with E-state index in [-0.39, 0.29) is 24.5 Å². The first kappa shape index (κ1) is 13.3. The predicted molar refractivity (Wildman–Crippen MR) is 70.1 cm³/mol. The summed E-state index contributed by atoms with van der Waals surface area (Å²) in [4.78, 5) is 28.8. The summed E-state index contributed by atoms with van der Waals surface area (Å²) in [5.74, 6) is -0.188. The Bertz CT molecular complexity index is 497. The van der Waals surface area contributed by atoms with Crippen LogP contribution in [0, 0.1) is 5.92 Å². The summed E-state index contributed by atoms with van der Waals surface area (Å²) in [7, 11) is 0. The standard InChI is InChI=1S/C14H16N2O3/c1-10(2)12-9-19-14(18)16(12)13(17)6-5-11-4-3-7-15-8-11/h3-8,10,12H,9H2,1-2H3/b6-5+/t12-/m1/s1. The average Bonchev–Trinajstić information content (AvgIpc) is 2.79. The third-order valence-corrected chi connectivity index (χ3v) is 3.02. The van der Waals surface area contributed by atoms with Gasteiger partial charge in [0.15, 0.2) is 0 Å². The number of carbonyl (C=O) groups excluding carboxylic acids is 2. The minimum Gasteiger partial charge on any atom is -0.447 e. The van der Waals surface area contributed by atoms with Gasteiger partial charge in [0, 0.05) is 18.5 Å². The van der Waals surface area contributed by atoms with Crippen LogP contribution in [-0.2, 0) is 9.53 Å². The third kappa shape index (κ3) is 2.99. The fraction of sp³-hybridized carbons (Fsp3) is 0.357. The van der Waals surface area contributed by atoms with Gasteiger partial charge in [-0.15, -0.1) is 0 Å². The van der Waals surface area contributed by atoms with Gasteiger partial charge >= 0.3 is 6.09 Å². The molecule has 2 heterocycles. The summed E-state index contributed by atoms with van der Waals surface area (Å²) in [6.07, 6.45) is 5.74.